The number of rotatable bonds is 6. The zero-order valence-corrected chi connectivity index (χ0v) is 14.6. The molecule has 0 radical (unpaired) electrons. The molecular formula is C17H22N2O5S. The van der Waals surface area contributed by atoms with Gasteiger partial charge in [0, 0.05) is 12.1 Å². The summed E-state index contributed by atoms with van der Waals surface area (Å²) in [5.74, 6) is 1.01. The number of amides is 1. The van der Waals surface area contributed by atoms with Gasteiger partial charge in [-0.1, -0.05) is 6.42 Å². The maximum absolute atomic E-state index is 11.9. The van der Waals surface area contributed by atoms with Crippen LogP contribution in [0, 0.1) is 17.8 Å². The minimum atomic E-state index is -3.77. The molecule has 0 heterocycles. The van der Waals surface area contributed by atoms with Crippen molar-refractivity contribution in [3.63, 3.8) is 0 Å². The lowest BCUT2D eigenvalue weighted by Gasteiger charge is -2.20. The van der Waals surface area contributed by atoms with E-state index in [1.165, 1.54) is 43.5 Å². The van der Waals surface area contributed by atoms with Crippen molar-refractivity contribution >= 4 is 27.6 Å². The van der Waals surface area contributed by atoms with Gasteiger partial charge in [-0.2, -0.15) is 0 Å². The first kappa shape index (κ1) is 17.9. The number of esters is 1. The van der Waals surface area contributed by atoms with Crippen LogP contribution in [0.5, 0.6) is 0 Å². The van der Waals surface area contributed by atoms with Crippen LogP contribution in [0.2, 0.25) is 0 Å². The molecule has 2 fully saturated rings. The van der Waals surface area contributed by atoms with Crippen molar-refractivity contribution in [3.05, 3.63) is 24.3 Å². The summed E-state index contributed by atoms with van der Waals surface area (Å²) in [5, 5.41) is 7.55. The van der Waals surface area contributed by atoms with E-state index in [0.29, 0.717) is 23.9 Å². The van der Waals surface area contributed by atoms with Crippen LogP contribution in [0.15, 0.2) is 29.2 Å². The van der Waals surface area contributed by atoms with Crippen LogP contribution in [-0.2, 0) is 24.3 Å². The van der Waals surface area contributed by atoms with Crippen molar-refractivity contribution in [2.75, 3.05) is 11.9 Å². The van der Waals surface area contributed by atoms with E-state index < -0.39 is 15.9 Å². The number of fused-ring (bicyclic) bond motifs is 2. The third-order valence-electron chi connectivity index (χ3n) is 5.14. The Morgan fingerprint density at radius 1 is 1.16 bits per heavy atom. The van der Waals surface area contributed by atoms with E-state index in [2.05, 4.69) is 5.32 Å². The van der Waals surface area contributed by atoms with E-state index in [1.807, 2.05) is 0 Å². The van der Waals surface area contributed by atoms with Crippen molar-refractivity contribution in [2.24, 2.45) is 22.9 Å². The van der Waals surface area contributed by atoms with Gasteiger partial charge < -0.3 is 10.1 Å². The molecule has 2 aliphatic rings. The molecule has 2 saturated carbocycles. The molecule has 2 aliphatic carbocycles. The van der Waals surface area contributed by atoms with Gasteiger partial charge in [-0.25, -0.2) is 13.6 Å². The van der Waals surface area contributed by atoms with Gasteiger partial charge in [-0.15, -0.1) is 0 Å². The number of ether oxygens (including phenoxy) is 1. The summed E-state index contributed by atoms with van der Waals surface area (Å²) in [6.45, 7) is -0.351. The summed E-state index contributed by atoms with van der Waals surface area (Å²) in [4.78, 5) is 23.7. The molecular weight excluding hydrogens is 344 g/mol. The first-order valence-corrected chi connectivity index (χ1v) is 9.94. The molecule has 0 saturated heterocycles. The molecule has 1 aromatic rings. The zero-order chi connectivity index (χ0) is 18.0. The van der Waals surface area contributed by atoms with Gasteiger partial charge in [0.1, 0.15) is 0 Å². The number of hydrogen-bond donors (Lipinski definition) is 2. The van der Waals surface area contributed by atoms with Crippen LogP contribution >= 0.6 is 0 Å². The number of nitrogens with one attached hydrogen (secondary N) is 1. The fourth-order valence-corrected chi connectivity index (χ4v) is 4.49. The van der Waals surface area contributed by atoms with E-state index >= 15 is 0 Å². The Hall–Kier alpha value is -1.93. The lowest BCUT2D eigenvalue weighted by Crippen LogP contribution is -2.23. The van der Waals surface area contributed by atoms with Crippen molar-refractivity contribution in [1.82, 2.24) is 0 Å². The topological polar surface area (TPSA) is 116 Å². The number of primary sulfonamides is 1. The monoisotopic (exact) mass is 366 g/mol. The predicted octanol–water partition coefficient (Wildman–Crippen LogP) is 1.64. The fourth-order valence-electron chi connectivity index (χ4n) is 3.97. The largest absolute Gasteiger partial charge is 0.456 e. The number of anilines is 1. The third kappa shape index (κ3) is 4.58. The maximum atomic E-state index is 11.9. The molecule has 3 atom stereocenters. The molecule has 0 spiro atoms. The molecule has 8 heteroatoms. The average molecular weight is 366 g/mol. The third-order valence-corrected chi connectivity index (χ3v) is 6.07. The Balaban J connectivity index is 1.42. The molecule has 3 N–H and O–H groups in total. The molecule has 0 aromatic heterocycles. The van der Waals surface area contributed by atoms with Gasteiger partial charge >= 0.3 is 5.97 Å². The highest BCUT2D eigenvalue weighted by Crippen LogP contribution is 2.49. The Morgan fingerprint density at radius 3 is 2.44 bits per heavy atom. The lowest BCUT2D eigenvalue weighted by atomic mass is 9.86. The highest BCUT2D eigenvalue weighted by molar-refractivity contribution is 7.89. The van der Waals surface area contributed by atoms with Gasteiger partial charge in [0.05, 0.1) is 4.90 Å². The minimum Gasteiger partial charge on any atom is -0.456 e. The van der Waals surface area contributed by atoms with Crippen LogP contribution in [0.3, 0.4) is 0 Å². The van der Waals surface area contributed by atoms with Crippen molar-refractivity contribution in [1.29, 1.82) is 0 Å². The zero-order valence-electron chi connectivity index (χ0n) is 13.8. The van der Waals surface area contributed by atoms with Crippen LogP contribution in [-0.4, -0.2) is 26.9 Å². The summed E-state index contributed by atoms with van der Waals surface area (Å²) in [6, 6.07) is 5.45. The number of carbonyl (C=O) groups is 2. The maximum Gasteiger partial charge on any atom is 0.306 e. The number of nitrogens with two attached hydrogens (primary N) is 1. The fraction of sp³-hybridized carbons (Fsp3) is 0.529. The molecule has 2 bridgehead atoms. The SMILES string of the molecule is NS(=O)(=O)c1ccc(NC(=O)COC(=O)CC2CC3CCC2C3)cc1. The van der Waals surface area contributed by atoms with E-state index in [9.17, 15) is 18.0 Å². The minimum absolute atomic E-state index is 0.0391. The average Bonchev–Trinajstić information content (AvgIpc) is 3.15. The van der Waals surface area contributed by atoms with E-state index in [0.717, 1.165) is 12.3 Å². The van der Waals surface area contributed by atoms with Crippen molar-refractivity contribution in [2.45, 2.75) is 37.0 Å². The second kappa shape index (κ2) is 7.13. The lowest BCUT2D eigenvalue weighted by molar-refractivity contribution is -0.148. The van der Waals surface area contributed by atoms with Crippen LogP contribution in [0.1, 0.15) is 32.1 Å². The Kier molecular flexibility index (Phi) is 5.10. The van der Waals surface area contributed by atoms with E-state index in [1.54, 1.807) is 0 Å². The van der Waals surface area contributed by atoms with Crippen LogP contribution in [0.25, 0.3) is 0 Å². The Morgan fingerprint density at radius 2 is 1.88 bits per heavy atom. The van der Waals surface area contributed by atoms with Crippen LogP contribution in [0.4, 0.5) is 5.69 Å². The number of hydrogen-bond acceptors (Lipinski definition) is 5. The van der Waals surface area contributed by atoms with Gasteiger partial charge in [0.25, 0.3) is 5.91 Å². The smallest absolute Gasteiger partial charge is 0.306 e. The first-order valence-electron chi connectivity index (χ1n) is 8.39. The normalized spacial score (nSPS) is 24.9. The molecule has 1 aromatic carbocycles. The molecule has 25 heavy (non-hydrogen) atoms. The molecule has 136 valence electrons. The molecule has 7 nitrogen and oxygen atoms in total. The van der Waals surface area contributed by atoms with Crippen molar-refractivity contribution in [3.8, 4) is 0 Å². The Bertz CT molecular complexity index is 760. The van der Waals surface area contributed by atoms with E-state index in [4.69, 9.17) is 9.88 Å². The predicted molar refractivity (Wildman–Crippen MR) is 91.0 cm³/mol. The van der Waals surface area contributed by atoms with Crippen LogP contribution < -0.4 is 10.5 Å². The number of benzene rings is 1. The standard InChI is InChI=1S/C17H22N2O5S/c18-25(22,23)15-5-3-14(4-6-15)19-16(20)10-24-17(21)9-13-8-11-1-2-12(13)7-11/h3-6,11-13H,1-2,7-10H2,(H,19,20)(H2,18,22,23). The second-order valence-corrected chi connectivity index (χ2v) is 8.48. The number of carbonyl (C=O) groups excluding carboxylic acids is 2. The van der Waals surface area contributed by atoms with Gasteiger partial charge in [0.15, 0.2) is 6.61 Å². The quantitative estimate of drug-likeness (QED) is 0.743. The summed E-state index contributed by atoms with van der Waals surface area (Å²) in [6.07, 6.45) is 5.20. The second-order valence-electron chi connectivity index (χ2n) is 6.92. The van der Waals surface area contributed by atoms with Crippen molar-refractivity contribution < 1.29 is 22.7 Å². The van der Waals surface area contributed by atoms with E-state index in [-0.39, 0.29) is 17.5 Å². The molecule has 3 rings (SSSR count). The van der Waals surface area contributed by atoms with Gasteiger partial charge in [-0.05, 0) is 61.3 Å². The highest BCUT2D eigenvalue weighted by atomic mass is 32.2. The molecule has 1 amide bonds. The van der Waals surface area contributed by atoms with Gasteiger partial charge in [-0.3, -0.25) is 9.59 Å². The summed E-state index contributed by atoms with van der Waals surface area (Å²) in [5.41, 5.74) is 0.404. The molecule has 0 aliphatic heterocycles. The number of sulfonamides is 1. The summed E-state index contributed by atoms with van der Waals surface area (Å²) >= 11 is 0. The van der Waals surface area contributed by atoms with Gasteiger partial charge in [0.2, 0.25) is 10.0 Å². The molecule has 3 unspecified atom stereocenters. The Labute approximate surface area is 147 Å². The highest BCUT2D eigenvalue weighted by Gasteiger charge is 2.40. The summed E-state index contributed by atoms with van der Waals surface area (Å²) < 4.78 is 27.4. The summed E-state index contributed by atoms with van der Waals surface area (Å²) in [7, 11) is -3.77. The first-order chi connectivity index (χ1) is 11.8.